The Morgan fingerprint density at radius 2 is 1.96 bits per heavy atom. The van der Waals surface area contributed by atoms with E-state index in [0.717, 1.165) is 36.8 Å². The lowest BCUT2D eigenvalue weighted by Crippen LogP contribution is -2.44. The quantitative estimate of drug-likeness (QED) is 0.855. The third kappa shape index (κ3) is 3.44. The van der Waals surface area contributed by atoms with Gasteiger partial charge >= 0.3 is 0 Å². The Kier molecular flexibility index (Phi) is 5.05. The summed E-state index contributed by atoms with van der Waals surface area (Å²) >= 11 is 7.51. The van der Waals surface area contributed by atoms with E-state index in [1.54, 1.807) is 0 Å². The number of carbonyl (C=O) groups excluding carboxylic acids is 1. The second kappa shape index (κ2) is 7.04. The molecule has 3 nitrogen and oxygen atoms in total. The van der Waals surface area contributed by atoms with Crippen molar-refractivity contribution in [2.45, 2.75) is 37.2 Å². The van der Waals surface area contributed by atoms with Crippen molar-refractivity contribution >= 4 is 28.8 Å². The van der Waals surface area contributed by atoms with Crippen molar-refractivity contribution in [2.75, 3.05) is 6.54 Å². The van der Waals surface area contributed by atoms with E-state index >= 15 is 0 Å². The van der Waals surface area contributed by atoms with E-state index in [2.05, 4.69) is 5.32 Å². The van der Waals surface area contributed by atoms with Crippen molar-refractivity contribution in [3.8, 4) is 0 Å². The second-order valence-corrected chi connectivity index (χ2v) is 7.30. The molecule has 1 aliphatic carbocycles. The van der Waals surface area contributed by atoms with E-state index < -0.39 is 11.5 Å². The number of benzene rings is 1. The highest BCUT2D eigenvalue weighted by atomic mass is 35.5. The molecule has 23 heavy (non-hydrogen) atoms. The molecule has 0 bridgehead atoms. The van der Waals surface area contributed by atoms with Crippen LogP contribution in [0.15, 0.2) is 41.1 Å². The van der Waals surface area contributed by atoms with Gasteiger partial charge in [0.25, 0.3) is 0 Å². The second-order valence-electron chi connectivity index (χ2n) is 6.08. The number of aliphatic hydroxyl groups is 1. The Morgan fingerprint density at radius 1 is 1.26 bits per heavy atom. The molecule has 1 aliphatic rings. The van der Waals surface area contributed by atoms with Gasteiger partial charge in [0.05, 0.1) is 11.5 Å². The highest BCUT2D eigenvalue weighted by Crippen LogP contribution is 2.41. The number of amides is 1. The number of rotatable bonds is 5. The molecule has 2 N–H and O–H groups in total. The van der Waals surface area contributed by atoms with E-state index in [4.69, 9.17) is 11.6 Å². The highest BCUT2D eigenvalue weighted by Gasteiger charge is 2.42. The van der Waals surface area contributed by atoms with Crippen LogP contribution in [0.3, 0.4) is 0 Å². The van der Waals surface area contributed by atoms with Gasteiger partial charge in [0.1, 0.15) is 0 Å². The maximum atomic E-state index is 12.9. The first-order chi connectivity index (χ1) is 11.1. The van der Waals surface area contributed by atoms with E-state index in [-0.39, 0.29) is 12.5 Å². The Hall–Kier alpha value is -1.36. The van der Waals surface area contributed by atoms with Gasteiger partial charge in [-0.2, -0.15) is 11.3 Å². The Morgan fingerprint density at radius 3 is 2.57 bits per heavy atom. The number of nitrogens with one attached hydrogen (secondary N) is 1. The summed E-state index contributed by atoms with van der Waals surface area (Å²) in [7, 11) is 0. The summed E-state index contributed by atoms with van der Waals surface area (Å²) in [6, 6.07) is 9.45. The molecule has 1 saturated carbocycles. The minimum Gasteiger partial charge on any atom is -0.387 e. The first-order valence-corrected chi connectivity index (χ1v) is 9.18. The minimum absolute atomic E-state index is 0.00611. The van der Waals surface area contributed by atoms with Gasteiger partial charge in [0.2, 0.25) is 5.91 Å². The van der Waals surface area contributed by atoms with Crippen molar-refractivity contribution in [2.24, 2.45) is 0 Å². The van der Waals surface area contributed by atoms with Crippen LogP contribution in [0.1, 0.15) is 42.9 Å². The molecule has 0 aliphatic heterocycles. The van der Waals surface area contributed by atoms with E-state index in [0.29, 0.717) is 5.02 Å². The van der Waals surface area contributed by atoms with Crippen LogP contribution in [0.25, 0.3) is 0 Å². The molecule has 0 radical (unpaired) electrons. The van der Waals surface area contributed by atoms with Gasteiger partial charge in [-0.1, -0.05) is 36.6 Å². The maximum absolute atomic E-state index is 12.9. The van der Waals surface area contributed by atoms with E-state index in [9.17, 15) is 9.90 Å². The van der Waals surface area contributed by atoms with Crippen LogP contribution in [0, 0.1) is 0 Å². The molecular formula is C18H20ClNO2S. The molecule has 0 spiro atoms. The number of carbonyl (C=O) groups is 1. The van der Waals surface area contributed by atoms with Gasteiger partial charge in [-0.05, 0) is 52.9 Å². The van der Waals surface area contributed by atoms with Gasteiger partial charge in [-0.15, -0.1) is 0 Å². The molecule has 5 heteroatoms. The molecule has 1 unspecified atom stereocenters. The highest BCUT2D eigenvalue weighted by molar-refractivity contribution is 7.07. The summed E-state index contributed by atoms with van der Waals surface area (Å²) in [4.78, 5) is 12.9. The largest absolute Gasteiger partial charge is 0.387 e. The average molecular weight is 350 g/mol. The van der Waals surface area contributed by atoms with Gasteiger partial charge in [0.15, 0.2) is 0 Å². The van der Waals surface area contributed by atoms with Crippen molar-refractivity contribution in [1.29, 1.82) is 0 Å². The molecule has 1 fully saturated rings. The fourth-order valence-corrected chi connectivity index (χ4v) is 4.17. The van der Waals surface area contributed by atoms with E-state index in [1.807, 2.05) is 41.1 Å². The Balaban J connectivity index is 1.73. The van der Waals surface area contributed by atoms with Crippen LogP contribution < -0.4 is 5.32 Å². The summed E-state index contributed by atoms with van der Waals surface area (Å²) in [5.41, 5.74) is 1.38. The van der Waals surface area contributed by atoms with Gasteiger partial charge in [-0.3, -0.25) is 4.79 Å². The molecule has 2 aromatic rings. The zero-order valence-corrected chi connectivity index (χ0v) is 14.4. The van der Waals surface area contributed by atoms with Crippen molar-refractivity contribution in [1.82, 2.24) is 5.32 Å². The number of hydrogen-bond donors (Lipinski definition) is 2. The third-order valence-electron chi connectivity index (χ3n) is 4.67. The minimum atomic E-state index is -0.658. The zero-order valence-electron chi connectivity index (χ0n) is 12.8. The molecule has 1 amide bonds. The monoisotopic (exact) mass is 349 g/mol. The SMILES string of the molecule is O=C(NCC(O)c1ccsc1)C1(c2ccc(Cl)cc2)CCCC1. The van der Waals surface area contributed by atoms with Crippen LogP contribution >= 0.6 is 22.9 Å². The number of halogens is 1. The molecule has 1 aromatic heterocycles. The summed E-state index contributed by atoms with van der Waals surface area (Å²) in [6.07, 6.45) is 3.12. The summed E-state index contributed by atoms with van der Waals surface area (Å²) in [6.45, 7) is 0.241. The first-order valence-electron chi connectivity index (χ1n) is 7.86. The molecule has 122 valence electrons. The number of hydrogen-bond acceptors (Lipinski definition) is 3. The predicted molar refractivity (Wildman–Crippen MR) is 93.9 cm³/mol. The van der Waals surface area contributed by atoms with Crippen LogP contribution in [0.4, 0.5) is 0 Å². The number of thiophene rings is 1. The summed E-state index contributed by atoms with van der Waals surface area (Å²) in [5, 5.41) is 17.6. The fourth-order valence-electron chi connectivity index (χ4n) is 3.34. The smallest absolute Gasteiger partial charge is 0.230 e. The Bertz CT molecular complexity index is 648. The van der Waals surface area contributed by atoms with Crippen molar-refractivity contribution in [3.63, 3.8) is 0 Å². The van der Waals surface area contributed by atoms with Gasteiger partial charge in [0, 0.05) is 11.6 Å². The van der Waals surface area contributed by atoms with Crippen LogP contribution in [0.5, 0.6) is 0 Å². The lowest BCUT2D eigenvalue weighted by molar-refractivity contribution is -0.127. The Labute approximate surface area is 145 Å². The molecular weight excluding hydrogens is 330 g/mol. The molecule has 0 saturated heterocycles. The topological polar surface area (TPSA) is 49.3 Å². The average Bonchev–Trinajstić information content (AvgIpc) is 3.25. The van der Waals surface area contributed by atoms with Gasteiger partial charge < -0.3 is 10.4 Å². The molecule has 1 heterocycles. The summed E-state index contributed by atoms with van der Waals surface area (Å²) < 4.78 is 0. The maximum Gasteiger partial charge on any atom is 0.230 e. The standard InChI is InChI=1S/C18H20ClNO2S/c19-15-5-3-14(4-6-15)18(8-1-2-9-18)17(22)20-11-16(21)13-7-10-23-12-13/h3-7,10,12,16,21H,1-2,8-9,11H2,(H,20,22). The zero-order chi connectivity index (χ0) is 16.3. The number of aliphatic hydroxyl groups excluding tert-OH is 1. The summed E-state index contributed by atoms with van der Waals surface area (Å²) in [5.74, 6) is 0.00611. The first kappa shape index (κ1) is 16.5. The predicted octanol–water partition coefficient (Wildman–Crippen LogP) is 4.06. The molecule has 3 rings (SSSR count). The van der Waals surface area contributed by atoms with Crippen LogP contribution in [-0.4, -0.2) is 17.6 Å². The molecule has 1 atom stereocenters. The lowest BCUT2D eigenvalue weighted by Gasteiger charge is -2.29. The lowest BCUT2D eigenvalue weighted by atomic mass is 9.78. The normalized spacial score (nSPS) is 17.8. The van der Waals surface area contributed by atoms with E-state index in [1.165, 1.54) is 11.3 Å². The van der Waals surface area contributed by atoms with Gasteiger partial charge in [-0.25, -0.2) is 0 Å². The van der Waals surface area contributed by atoms with Crippen molar-refractivity contribution < 1.29 is 9.90 Å². The van der Waals surface area contributed by atoms with Crippen LogP contribution in [0.2, 0.25) is 5.02 Å². The molecule has 1 aromatic carbocycles. The third-order valence-corrected chi connectivity index (χ3v) is 5.63. The van der Waals surface area contributed by atoms with Crippen molar-refractivity contribution in [3.05, 3.63) is 57.2 Å². The fraction of sp³-hybridized carbons (Fsp3) is 0.389. The van der Waals surface area contributed by atoms with Crippen LogP contribution in [-0.2, 0) is 10.2 Å².